The number of nitrogens with two attached hydrogens (primary N) is 1. The van der Waals surface area contributed by atoms with Crippen LogP contribution >= 0.6 is 0 Å². The molecule has 2 rings (SSSR count). The van der Waals surface area contributed by atoms with Crippen LogP contribution in [0.3, 0.4) is 0 Å². The van der Waals surface area contributed by atoms with Crippen molar-refractivity contribution in [3.05, 3.63) is 90.4 Å². The number of allylic oxidation sites excluding steroid dienone is 2. The molecule has 0 saturated carbocycles. The maximum Gasteiger partial charge on any atom is 0.0543 e. The van der Waals surface area contributed by atoms with E-state index in [0.29, 0.717) is 0 Å². The van der Waals surface area contributed by atoms with Gasteiger partial charge in [0.25, 0.3) is 0 Å². The minimum atomic E-state index is 0.884. The van der Waals surface area contributed by atoms with Crippen molar-refractivity contribution in [2.75, 3.05) is 7.05 Å². The third kappa shape index (κ3) is 7.41. The lowest BCUT2D eigenvalue weighted by Gasteiger charge is -2.16. The van der Waals surface area contributed by atoms with E-state index in [2.05, 4.69) is 60.8 Å². The highest BCUT2D eigenvalue weighted by Crippen LogP contribution is 2.07. The van der Waals surface area contributed by atoms with Crippen LogP contribution in [0.25, 0.3) is 0 Å². The molecule has 0 fully saturated rings. The van der Waals surface area contributed by atoms with Crippen LogP contribution in [0.2, 0.25) is 0 Å². The van der Waals surface area contributed by atoms with Gasteiger partial charge in [-0.15, -0.1) is 0 Å². The normalized spacial score (nSPS) is 10.3. The Bertz CT molecular complexity index is 559. The SMILES string of the molecule is C=C/C=C\N.Cc1ccc(CN(C)Cc2ccccn2)cc1. The molecule has 1 aromatic heterocycles. The monoisotopic (exact) mass is 295 g/mol. The fraction of sp³-hybridized carbons (Fsp3) is 0.211. The van der Waals surface area contributed by atoms with Gasteiger partial charge in [-0.05, 0) is 43.9 Å². The summed E-state index contributed by atoms with van der Waals surface area (Å²) in [5, 5.41) is 0. The van der Waals surface area contributed by atoms with Crippen molar-refractivity contribution in [1.29, 1.82) is 0 Å². The quantitative estimate of drug-likeness (QED) is 0.856. The molecule has 2 N–H and O–H groups in total. The van der Waals surface area contributed by atoms with E-state index in [-0.39, 0.29) is 0 Å². The predicted octanol–water partition coefficient (Wildman–Crippen LogP) is 3.67. The van der Waals surface area contributed by atoms with Crippen molar-refractivity contribution in [3.63, 3.8) is 0 Å². The lowest BCUT2D eigenvalue weighted by atomic mass is 10.1. The van der Waals surface area contributed by atoms with Gasteiger partial charge in [-0.3, -0.25) is 9.88 Å². The van der Waals surface area contributed by atoms with Crippen LogP contribution in [0.4, 0.5) is 0 Å². The molecule has 0 spiro atoms. The number of pyridine rings is 1. The molecule has 0 unspecified atom stereocenters. The van der Waals surface area contributed by atoms with Crippen molar-refractivity contribution in [3.8, 4) is 0 Å². The van der Waals surface area contributed by atoms with Gasteiger partial charge in [0.1, 0.15) is 0 Å². The van der Waals surface area contributed by atoms with Crippen LogP contribution in [-0.4, -0.2) is 16.9 Å². The number of benzene rings is 1. The van der Waals surface area contributed by atoms with Gasteiger partial charge in [0, 0.05) is 19.3 Å². The van der Waals surface area contributed by atoms with Crippen LogP contribution in [0, 0.1) is 6.92 Å². The van der Waals surface area contributed by atoms with Gasteiger partial charge in [0.05, 0.1) is 5.69 Å². The van der Waals surface area contributed by atoms with E-state index >= 15 is 0 Å². The molecule has 116 valence electrons. The largest absolute Gasteiger partial charge is 0.405 e. The second-order valence-corrected chi connectivity index (χ2v) is 5.10. The maximum atomic E-state index is 4.89. The smallest absolute Gasteiger partial charge is 0.0543 e. The van der Waals surface area contributed by atoms with Gasteiger partial charge in [0.2, 0.25) is 0 Å². The minimum Gasteiger partial charge on any atom is -0.405 e. The summed E-state index contributed by atoms with van der Waals surface area (Å²) in [4.78, 5) is 6.60. The summed E-state index contributed by atoms with van der Waals surface area (Å²) in [5.41, 5.74) is 8.65. The number of aryl methyl sites for hydroxylation is 1. The summed E-state index contributed by atoms with van der Waals surface area (Å²) in [6, 6.07) is 14.7. The summed E-state index contributed by atoms with van der Waals surface area (Å²) in [7, 11) is 2.12. The van der Waals surface area contributed by atoms with E-state index in [0.717, 1.165) is 18.8 Å². The van der Waals surface area contributed by atoms with Crippen LogP contribution in [-0.2, 0) is 13.1 Å². The van der Waals surface area contributed by atoms with Gasteiger partial charge < -0.3 is 5.73 Å². The first kappa shape index (κ1) is 17.7. The van der Waals surface area contributed by atoms with E-state index in [1.54, 1.807) is 12.2 Å². The molecule has 0 amide bonds. The van der Waals surface area contributed by atoms with Gasteiger partial charge >= 0.3 is 0 Å². The average molecular weight is 295 g/mol. The zero-order valence-electron chi connectivity index (χ0n) is 13.4. The van der Waals surface area contributed by atoms with Crippen molar-refractivity contribution < 1.29 is 0 Å². The summed E-state index contributed by atoms with van der Waals surface area (Å²) in [6.07, 6.45) is 6.57. The second kappa shape index (κ2) is 10.4. The lowest BCUT2D eigenvalue weighted by Crippen LogP contribution is -2.17. The molecule has 1 aromatic carbocycles. The van der Waals surface area contributed by atoms with E-state index in [9.17, 15) is 0 Å². The molecule has 0 aliphatic heterocycles. The molecule has 3 nitrogen and oxygen atoms in total. The van der Waals surface area contributed by atoms with Crippen LogP contribution in [0.15, 0.2) is 73.6 Å². The number of nitrogens with zero attached hydrogens (tertiary/aromatic N) is 2. The Kier molecular flexibility index (Phi) is 8.31. The van der Waals surface area contributed by atoms with Gasteiger partial charge in [-0.1, -0.05) is 48.6 Å². The van der Waals surface area contributed by atoms with Crippen LogP contribution < -0.4 is 5.73 Å². The fourth-order valence-electron chi connectivity index (χ4n) is 1.91. The van der Waals surface area contributed by atoms with E-state index in [1.807, 2.05) is 18.3 Å². The highest BCUT2D eigenvalue weighted by molar-refractivity contribution is 5.21. The molecule has 0 atom stereocenters. The topological polar surface area (TPSA) is 42.1 Å². The van der Waals surface area contributed by atoms with Crippen molar-refractivity contribution >= 4 is 0 Å². The van der Waals surface area contributed by atoms with Gasteiger partial charge in [-0.25, -0.2) is 0 Å². The summed E-state index contributed by atoms with van der Waals surface area (Å²) in [5.74, 6) is 0. The highest BCUT2D eigenvalue weighted by Gasteiger charge is 2.02. The first-order valence-corrected chi connectivity index (χ1v) is 7.29. The predicted molar refractivity (Wildman–Crippen MR) is 94.1 cm³/mol. The molecule has 3 heteroatoms. The van der Waals surface area contributed by atoms with Crippen molar-refractivity contribution in [1.82, 2.24) is 9.88 Å². The molecule has 0 bridgehead atoms. The molecule has 22 heavy (non-hydrogen) atoms. The maximum absolute atomic E-state index is 4.89. The zero-order chi connectivity index (χ0) is 16.2. The minimum absolute atomic E-state index is 0.884. The molecule has 0 aliphatic rings. The molecular weight excluding hydrogens is 270 g/mol. The first-order chi connectivity index (χ1) is 10.7. The Balaban J connectivity index is 0.000000422. The van der Waals surface area contributed by atoms with E-state index < -0.39 is 0 Å². The van der Waals surface area contributed by atoms with Crippen molar-refractivity contribution in [2.24, 2.45) is 5.73 Å². The Labute approximate surface area is 133 Å². The number of aromatic nitrogens is 1. The second-order valence-electron chi connectivity index (χ2n) is 5.10. The highest BCUT2D eigenvalue weighted by atomic mass is 15.1. The summed E-state index contributed by atoms with van der Waals surface area (Å²) >= 11 is 0. The Morgan fingerprint density at radius 2 is 1.86 bits per heavy atom. The molecule has 1 heterocycles. The number of hydrogen-bond donors (Lipinski definition) is 1. The Morgan fingerprint density at radius 3 is 2.36 bits per heavy atom. The standard InChI is InChI=1S/C15H18N2.C4H7N/c1-13-6-8-14(9-7-13)11-17(2)12-15-5-3-4-10-16-15;1-2-3-4-5/h3-10H,11-12H2,1-2H3;2-4H,1,5H2/b;4-3-. The van der Waals surface area contributed by atoms with Gasteiger partial charge in [-0.2, -0.15) is 0 Å². The molecular formula is C19H25N3. The fourth-order valence-corrected chi connectivity index (χ4v) is 1.91. The average Bonchev–Trinajstić information content (AvgIpc) is 2.52. The summed E-state index contributed by atoms with van der Waals surface area (Å²) in [6.45, 7) is 7.33. The third-order valence-corrected chi connectivity index (χ3v) is 2.98. The molecule has 0 aliphatic carbocycles. The zero-order valence-corrected chi connectivity index (χ0v) is 13.4. The third-order valence-electron chi connectivity index (χ3n) is 2.98. The molecule has 0 saturated heterocycles. The van der Waals surface area contributed by atoms with Crippen LogP contribution in [0.1, 0.15) is 16.8 Å². The summed E-state index contributed by atoms with van der Waals surface area (Å²) < 4.78 is 0. The van der Waals surface area contributed by atoms with E-state index in [1.165, 1.54) is 17.3 Å². The molecule has 2 aromatic rings. The lowest BCUT2D eigenvalue weighted by molar-refractivity contribution is 0.315. The van der Waals surface area contributed by atoms with E-state index in [4.69, 9.17) is 5.73 Å². The van der Waals surface area contributed by atoms with Gasteiger partial charge in [0.15, 0.2) is 0 Å². The first-order valence-electron chi connectivity index (χ1n) is 7.29. The number of hydrogen-bond acceptors (Lipinski definition) is 3. The Hall–Kier alpha value is -2.39. The number of rotatable bonds is 5. The molecule has 0 radical (unpaired) electrons. The van der Waals surface area contributed by atoms with Crippen LogP contribution in [0.5, 0.6) is 0 Å². The van der Waals surface area contributed by atoms with Crippen molar-refractivity contribution in [2.45, 2.75) is 20.0 Å². The Morgan fingerprint density at radius 1 is 1.14 bits per heavy atom.